The lowest BCUT2D eigenvalue weighted by Gasteiger charge is -2.17. The molecule has 3 heteroatoms. The molecule has 0 aromatic carbocycles. The second-order valence-corrected chi connectivity index (χ2v) is 3.04. The summed E-state index contributed by atoms with van der Waals surface area (Å²) in [6, 6.07) is 2.20. The van der Waals surface area contributed by atoms with Gasteiger partial charge in [0.15, 0.2) is 0 Å². The zero-order chi connectivity index (χ0) is 8.97. The highest BCUT2D eigenvalue weighted by Crippen LogP contribution is 2.27. The predicted octanol–water partition coefficient (Wildman–Crippen LogP) is 1.71. The molecule has 1 fully saturated rings. The molecular formula is C9H11NO2. The topological polar surface area (TPSA) is 61.1 Å². The molecular weight excluding hydrogens is 154 g/mol. The zero-order valence-corrected chi connectivity index (χ0v) is 6.79. The van der Waals surface area contributed by atoms with Crippen molar-refractivity contribution in [2.45, 2.75) is 25.7 Å². The summed E-state index contributed by atoms with van der Waals surface area (Å²) in [5.41, 5.74) is 0.967. The minimum absolute atomic E-state index is 0.135. The van der Waals surface area contributed by atoms with Crippen LogP contribution in [0.4, 0.5) is 0 Å². The molecule has 0 saturated heterocycles. The van der Waals surface area contributed by atoms with E-state index in [0.717, 1.165) is 31.3 Å². The minimum Gasteiger partial charge on any atom is -0.478 e. The number of aliphatic carboxylic acids is 1. The summed E-state index contributed by atoms with van der Waals surface area (Å²) < 4.78 is 0. The van der Waals surface area contributed by atoms with Crippen molar-refractivity contribution in [2.75, 3.05) is 0 Å². The maximum Gasteiger partial charge on any atom is 0.328 e. The van der Waals surface area contributed by atoms with Crippen molar-refractivity contribution in [1.29, 1.82) is 5.26 Å². The van der Waals surface area contributed by atoms with Gasteiger partial charge in [-0.3, -0.25) is 0 Å². The van der Waals surface area contributed by atoms with Crippen LogP contribution < -0.4 is 0 Å². The highest BCUT2D eigenvalue weighted by molar-refractivity contribution is 5.80. The fourth-order valence-electron chi connectivity index (χ4n) is 1.44. The molecule has 0 radical (unpaired) electrons. The Hall–Kier alpha value is -1.30. The molecule has 1 aliphatic rings. The number of hydrogen-bond donors (Lipinski definition) is 1. The summed E-state index contributed by atoms with van der Waals surface area (Å²) in [4.78, 5) is 10.3. The molecule has 0 heterocycles. The van der Waals surface area contributed by atoms with E-state index in [1.165, 1.54) is 6.08 Å². The molecule has 0 amide bonds. The van der Waals surface area contributed by atoms with E-state index < -0.39 is 5.97 Å². The first kappa shape index (κ1) is 8.79. The van der Waals surface area contributed by atoms with Crippen molar-refractivity contribution in [3.63, 3.8) is 0 Å². The van der Waals surface area contributed by atoms with Crippen LogP contribution in [-0.4, -0.2) is 11.1 Å². The Morgan fingerprint density at radius 1 is 1.58 bits per heavy atom. The molecule has 0 aromatic heterocycles. The van der Waals surface area contributed by atoms with Crippen molar-refractivity contribution < 1.29 is 9.90 Å². The number of rotatable bonds is 1. The van der Waals surface area contributed by atoms with Crippen LogP contribution in [0.2, 0.25) is 0 Å². The molecule has 12 heavy (non-hydrogen) atoms. The van der Waals surface area contributed by atoms with Crippen LogP contribution in [0.1, 0.15) is 25.7 Å². The Balaban J connectivity index is 2.47. The van der Waals surface area contributed by atoms with Gasteiger partial charge in [0, 0.05) is 12.0 Å². The van der Waals surface area contributed by atoms with Crippen molar-refractivity contribution in [2.24, 2.45) is 5.92 Å². The largest absolute Gasteiger partial charge is 0.478 e. The van der Waals surface area contributed by atoms with E-state index in [-0.39, 0.29) is 5.92 Å². The lowest BCUT2D eigenvalue weighted by atomic mass is 9.87. The first-order valence-electron chi connectivity index (χ1n) is 4.04. The van der Waals surface area contributed by atoms with Crippen molar-refractivity contribution in [3.05, 3.63) is 11.6 Å². The van der Waals surface area contributed by atoms with Gasteiger partial charge in [0.2, 0.25) is 0 Å². The molecule has 1 N–H and O–H groups in total. The van der Waals surface area contributed by atoms with Crippen molar-refractivity contribution >= 4 is 5.97 Å². The Morgan fingerprint density at radius 2 is 2.17 bits per heavy atom. The van der Waals surface area contributed by atoms with Crippen LogP contribution in [0.25, 0.3) is 0 Å². The standard InChI is InChI=1S/C9H11NO2/c10-6-8-3-1-7(2-4-8)5-9(11)12/h5,8H,1-4H2,(H,11,12). The molecule has 1 rings (SSSR count). The number of hydrogen-bond acceptors (Lipinski definition) is 2. The predicted molar refractivity (Wildman–Crippen MR) is 43.3 cm³/mol. The van der Waals surface area contributed by atoms with E-state index in [9.17, 15) is 4.79 Å². The second-order valence-electron chi connectivity index (χ2n) is 3.04. The van der Waals surface area contributed by atoms with E-state index in [1.54, 1.807) is 0 Å². The highest BCUT2D eigenvalue weighted by atomic mass is 16.4. The van der Waals surface area contributed by atoms with Gasteiger partial charge in [-0.15, -0.1) is 0 Å². The maximum atomic E-state index is 10.3. The Kier molecular flexibility index (Phi) is 2.87. The third-order valence-electron chi connectivity index (χ3n) is 2.14. The summed E-state index contributed by atoms with van der Waals surface area (Å²) in [6.07, 6.45) is 4.44. The quantitative estimate of drug-likeness (QED) is 0.601. The number of allylic oxidation sites excluding steroid dienone is 1. The number of carboxylic acid groups (broad SMARTS) is 1. The molecule has 3 nitrogen and oxygen atoms in total. The van der Waals surface area contributed by atoms with Crippen LogP contribution in [0.3, 0.4) is 0 Å². The molecule has 0 spiro atoms. The van der Waals surface area contributed by atoms with Crippen LogP contribution in [0.15, 0.2) is 11.6 Å². The fraction of sp³-hybridized carbons (Fsp3) is 0.556. The molecule has 1 aliphatic carbocycles. The lowest BCUT2D eigenvalue weighted by molar-refractivity contribution is -0.131. The number of nitrogens with zero attached hydrogens (tertiary/aromatic N) is 1. The maximum absolute atomic E-state index is 10.3. The number of nitriles is 1. The van der Waals surface area contributed by atoms with E-state index in [2.05, 4.69) is 6.07 Å². The lowest BCUT2D eigenvalue weighted by Crippen LogP contribution is -2.06. The number of carbonyl (C=O) groups is 1. The monoisotopic (exact) mass is 165 g/mol. The van der Waals surface area contributed by atoms with Gasteiger partial charge in [0.25, 0.3) is 0 Å². The average molecular weight is 165 g/mol. The fourth-order valence-corrected chi connectivity index (χ4v) is 1.44. The van der Waals surface area contributed by atoms with Gasteiger partial charge in [-0.05, 0) is 25.7 Å². The molecule has 0 aliphatic heterocycles. The van der Waals surface area contributed by atoms with Crippen LogP contribution >= 0.6 is 0 Å². The molecule has 1 saturated carbocycles. The highest BCUT2D eigenvalue weighted by Gasteiger charge is 2.15. The van der Waals surface area contributed by atoms with Crippen molar-refractivity contribution in [1.82, 2.24) is 0 Å². The zero-order valence-electron chi connectivity index (χ0n) is 6.79. The molecule has 0 unspecified atom stereocenters. The average Bonchev–Trinajstić information content (AvgIpc) is 2.05. The molecule has 0 aromatic rings. The van der Waals surface area contributed by atoms with Gasteiger partial charge < -0.3 is 5.11 Å². The normalized spacial score (nSPS) is 22.9. The van der Waals surface area contributed by atoms with Crippen LogP contribution in [0.5, 0.6) is 0 Å². The van der Waals surface area contributed by atoms with Gasteiger partial charge in [-0.2, -0.15) is 5.26 Å². The second kappa shape index (κ2) is 3.91. The third-order valence-corrected chi connectivity index (χ3v) is 2.14. The summed E-state index contributed by atoms with van der Waals surface area (Å²) in [6.45, 7) is 0. The van der Waals surface area contributed by atoms with E-state index in [4.69, 9.17) is 10.4 Å². The molecule has 64 valence electrons. The van der Waals surface area contributed by atoms with Crippen LogP contribution in [0, 0.1) is 17.2 Å². The van der Waals surface area contributed by atoms with Gasteiger partial charge in [-0.1, -0.05) is 5.57 Å². The van der Waals surface area contributed by atoms with E-state index >= 15 is 0 Å². The first-order valence-corrected chi connectivity index (χ1v) is 4.04. The first-order chi connectivity index (χ1) is 5.72. The van der Waals surface area contributed by atoms with Gasteiger partial charge in [-0.25, -0.2) is 4.79 Å². The van der Waals surface area contributed by atoms with Crippen molar-refractivity contribution in [3.8, 4) is 6.07 Å². The number of carboxylic acids is 1. The smallest absolute Gasteiger partial charge is 0.328 e. The van der Waals surface area contributed by atoms with Gasteiger partial charge in [0.05, 0.1) is 6.07 Å². The van der Waals surface area contributed by atoms with Gasteiger partial charge in [0.1, 0.15) is 0 Å². The van der Waals surface area contributed by atoms with Crippen LogP contribution in [-0.2, 0) is 4.79 Å². The summed E-state index contributed by atoms with van der Waals surface area (Å²) >= 11 is 0. The Bertz CT molecular complexity index is 240. The van der Waals surface area contributed by atoms with Gasteiger partial charge >= 0.3 is 5.97 Å². The SMILES string of the molecule is N#CC1CCC(=CC(=O)O)CC1. The molecule has 0 atom stereocenters. The Labute approximate surface area is 71.3 Å². The Morgan fingerprint density at radius 3 is 2.58 bits per heavy atom. The summed E-state index contributed by atoms with van der Waals surface area (Å²) in [5.74, 6) is -0.739. The van der Waals surface area contributed by atoms with E-state index in [0.29, 0.717) is 0 Å². The third kappa shape index (κ3) is 2.39. The summed E-state index contributed by atoms with van der Waals surface area (Å²) in [5, 5.41) is 17.0. The minimum atomic E-state index is -0.875. The molecule has 0 bridgehead atoms. The summed E-state index contributed by atoms with van der Waals surface area (Å²) in [7, 11) is 0. The van der Waals surface area contributed by atoms with E-state index in [1.807, 2.05) is 0 Å².